The van der Waals surface area contributed by atoms with Gasteiger partial charge in [0.1, 0.15) is 11.5 Å². The summed E-state index contributed by atoms with van der Waals surface area (Å²) < 4.78 is 21.1. The smallest absolute Gasteiger partial charge is 0.225 e. The second-order valence-electron chi connectivity index (χ2n) is 5.76. The van der Waals surface area contributed by atoms with Gasteiger partial charge in [-0.05, 0) is 42.8 Å². The monoisotopic (exact) mass is 359 g/mol. The fourth-order valence-electron chi connectivity index (χ4n) is 2.69. The maximum absolute atomic E-state index is 12.5. The van der Waals surface area contributed by atoms with Crippen molar-refractivity contribution in [2.45, 2.75) is 19.4 Å². The molecule has 2 aromatic carbocycles. The van der Waals surface area contributed by atoms with Crippen LogP contribution in [0.15, 0.2) is 36.4 Å². The number of carbonyl (C=O) groups excluding carboxylic acids is 1. The number of hydrogen-bond acceptors (Lipinski definition) is 5. The van der Waals surface area contributed by atoms with Crippen LogP contribution in [0.3, 0.4) is 0 Å². The van der Waals surface area contributed by atoms with Gasteiger partial charge in [0.25, 0.3) is 0 Å². The summed E-state index contributed by atoms with van der Waals surface area (Å²) in [6.07, 6.45) is 0.192. The number of methoxy groups -OCH3 is 4. The maximum atomic E-state index is 12.5. The number of carbonyl (C=O) groups is 1. The molecule has 0 aliphatic carbocycles. The van der Waals surface area contributed by atoms with E-state index >= 15 is 0 Å². The Bertz CT molecular complexity index is 760. The summed E-state index contributed by atoms with van der Waals surface area (Å²) >= 11 is 0. The molecular weight excluding hydrogens is 334 g/mol. The van der Waals surface area contributed by atoms with E-state index in [1.165, 1.54) is 0 Å². The van der Waals surface area contributed by atoms with Crippen molar-refractivity contribution in [3.8, 4) is 23.0 Å². The lowest BCUT2D eigenvalue weighted by Gasteiger charge is -2.17. The molecule has 0 radical (unpaired) electrons. The van der Waals surface area contributed by atoms with Crippen molar-refractivity contribution in [1.82, 2.24) is 5.32 Å². The predicted octanol–water partition coefficient (Wildman–Crippen LogP) is 3.14. The summed E-state index contributed by atoms with van der Waals surface area (Å²) in [7, 11) is 6.34. The van der Waals surface area contributed by atoms with E-state index in [0.717, 1.165) is 11.1 Å². The van der Waals surface area contributed by atoms with Crippen molar-refractivity contribution in [3.05, 3.63) is 47.5 Å². The van der Waals surface area contributed by atoms with Gasteiger partial charge in [-0.25, -0.2) is 0 Å². The Balaban J connectivity index is 2.10. The van der Waals surface area contributed by atoms with E-state index in [1.54, 1.807) is 46.6 Å². The highest BCUT2D eigenvalue weighted by molar-refractivity contribution is 5.80. The SMILES string of the molecule is COc1ccc(OC)c(CC(=O)N[C@H](C)c2ccc(OC)c(OC)c2)c1. The van der Waals surface area contributed by atoms with Crippen LogP contribution in [-0.2, 0) is 11.2 Å². The van der Waals surface area contributed by atoms with E-state index in [4.69, 9.17) is 18.9 Å². The standard InChI is InChI=1S/C20H25NO5/c1-13(14-6-8-18(25-4)19(11-14)26-5)21-20(22)12-15-10-16(23-2)7-9-17(15)24-3/h6-11,13H,12H2,1-5H3,(H,21,22)/t13-/m1/s1. The first-order valence-corrected chi connectivity index (χ1v) is 8.24. The van der Waals surface area contributed by atoms with Crippen LogP contribution in [0.4, 0.5) is 0 Å². The topological polar surface area (TPSA) is 66.0 Å². The Kier molecular flexibility index (Phi) is 6.72. The second-order valence-corrected chi connectivity index (χ2v) is 5.76. The van der Waals surface area contributed by atoms with Crippen molar-refractivity contribution in [3.63, 3.8) is 0 Å². The van der Waals surface area contributed by atoms with Crippen LogP contribution in [0.5, 0.6) is 23.0 Å². The molecule has 1 amide bonds. The van der Waals surface area contributed by atoms with Crippen LogP contribution in [0.2, 0.25) is 0 Å². The van der Waals surface area contributed by atoms with Gasteiger partial charge in [-0.2, -0.15) is 0 Å². The second kappa shape index (κ2) is 8.99. The molecule has 0 aromatic heterocycles. The Hall–Kier alpha value is -2.89. The molecule has 1 atom stereocenters. The molecule has 0 aliphatic rings. The van der Waals surface area contributed by atoms with Gasteiger partial charge in [0.2, 0.25) is 5.91 Å². The van der Waals surface area contributed by atoms with Gasteiger partial charge in [0.15, 0.2) is 11.5 Å². The average molecular weight is 359 g/mol. The lowest BCUT2D eigenvalue weighted by atomic mass is 10.1. The molecule has 0 saturated heterocycles. The third-order valence-electron chi connectivity index (χ3n) is 4.12. The van der Waals surface area contributed by atoms with Crippen LogP contribution < -0.4 is 24.3 Å². The van der Waals surface area contributed by atoms with E-state index in [2.05, 4.69) is 5.32 Å². The van der Waals surface area contributed by atoms with Crippen molar-refractivity contribution < 1.29 is 23.7 Å². The quantitative estimate of drug-likeness (QED) is 0.784. The molecule has 0 fully saturated rings. The Morgan fingerprint density at radius 1 is 0.885 bits per heavy atom. The van der Waals surface area contributed by atoms with Crippen LogP contribution in [-0.4, -0.2) is 34.3 Å². The Labute approximate surface area is 154 Å². The van der Waals surface area contributed by atoms with Crippen LogP contribution >= 0.6 is 0 Å². The Morgan fingerprint density at radius 2 is 1.54 bits per heavy atom. The summed E-state index contributed by atoms with van der Waals surface area (Å²) in [5.41, 5.74) is 1.69. The number of ether oxygens (including phenoxy) is 4. The molecule has 6 heteroatoms. The third-order valence-corrected chi connectivity index (χ3v) is 4.12. The van der Waals surface area contributed by atoms with E-state index in [0.29, 0.717) is 23.0 Å². The van der Waals surface area contributed by atoms with Gasteiger partial charge >= 0.3 is 0 Å². The molecule has 0 bridgehead atoms. The minimum absolute atomic E-state index is 0.112. The minimum atomic E-state index is -0.182. The van der Waals surface area contributed by atoms with Crippen molar-refractivity contribution in [1.29, 1.82) is 0 Å². The molecule has 2 rings (SSSR count). The molecule has 0 saturated carbocycles. The highest BCUT2D eigenvalue weighted by atomic mass is 16.5. The first-order chi connectivity index (χ1) is 12.5. The number of hydrogen-bond donors (Lipinski definition) is 1. The van der Waals surface area contributed by atoms with Gasteiger partial charge < -0.3 is 24.3 Å². The largest absolute Gasteiger partial charge is 0.497 e. The molecule has 0 aliphatic heterocycles. The van der Waals surface area contributed by atoms with Gasteiger partial charge in [-0.1, -0.05) is 6.07 Å². The zero-order chi connectivity index (χ0) is 19.1. The molecule has 140 valence electrons. The normalized spacial score (nSPS) is 11.4. The predicted molar refractivity (Wildman–Crippen MR) is 99.4 cm³/mol. The third kappa shape index (κ3) is 4.59. The first kappa shape index (κ1) is 19.4. The van der Waals surface area contributed by atoms with E-state index < -0.39 is 0 Å². The van der Waals surface area contributed by atoms with Crippen LogP contribution in [0, 0.1) is 0 Å². The number of amides is 1. The fraction of sp³-hybridized carbons (Fsp3) is 0.350. The summed E-state index contributed by atoms with van der Waals surface area (Å²) in [6, 6.07) is 10.8. The lowest BCUT2D eigenvalue weighted by molar-refractivity contribution is -0.121. The van der Waals surface area contributed by atoms with Crippen LogP contribution in [0.25, 0.3) is 0 Å². The molecule has 6 nitrogen and oxygen atoms in total. The number of rotatable bonds is 8. The maximum Gasteiger partial charge on any atom is 0.225 e. The number of benzene rings is 2. The van der Waals surface area contributed by atoms with Crippen molar-refractivity contribution in [2.24, 2.45) is 0 Å². The zero-order valence-electron chi connectivity index (χ0n) is 15.8. The van der Waals surface area contributed by atoms with Gasteiger partial charge in [0, 0.05) is 5.56 Å². The van der Waals surface area contributed by atoms with E-state index in [9.17, 15) is 4.79 Å². The van der Waals surface area contributed by atoms with Crippen molar-refractivity contribution in [2.75, 3.05) is 28.4 Å². The highest BCUT2D eigenvalue weighted by Crippen LogP contribution is 2.30. The molecule has 1 N–H and O–H groups in total. The molecule has 2 aromatic rings. The molecular formula is C20H25NO5. The summed E-state index contributed by atoms with van der Waals surface area (Å²) in [5.74, 6) is 2.50. The van der Waals surface area contributed by atoms with Gasteiger partial charge in [-0.3, -0.25) is 4.79 Å². The number of nitrogens with one attached hydrogen (secondary N) is 1. The summed E-state index contributed by atoms with van der Waals surface area (Å²) in [6.45, 7) is 1.92. The first-order valence-electron chi connectivity index (χ1n) is 8.24. The van der Waals surface area contributed by atoms with E-state index in [-0.39, 0.29) is 18.4 Å². The summed E-state index contributed by atoms with van der Waals surface area (Å²) in [5, 5.41) is 2.99. The molecule has 0 unspecified atom stereocenters. The molecule has 0 spiro atoms. The zero-order valence-corrected chi connectivity index (χ0v) is 15.8. The lowest BCUT2D eigenvalue weighted by Crippen LogP contribution is -2.28. The average Bonchev–Trinajstić information content (AvgIpc) is 2.66. The minimum Gasteiger partial charge on any atom is -0.497 e. The van der Waals surface area contributed by atoms with Gasteiger partial charge in [0.05, 0.1) is 40.9 Å². The van der Waals surface area contributed by atoms with Gasteiger partial charge in [-0.15, -0.1) is 0 Å². The fourth-order valence-corrected chi connectivity index (χ4v) is 2.69. The van der Waals surface area contributed by atoms with Crippen LogP contribution in [0.1, 0.15) is 24.1 Å². The summed E-state index contributed by atoms with van der Waals surface area (Å²) in [4.78, 5) is 12.5. The molecule has 26 heavy (non-hydrogen) atoms. The van der Waals surface area contributed by atoms with Crippen molar-refractivity contribution >= 4 is 5.91 Å². The Morgan fingerprint density at radius 3 is 2.15 bits per heavy atom. The molecule has 0 heterocycles. The van der Waals surface area contributed by atoms with E-state index in [1.807, 2.05) is 25.1 Å². The highest BCUT2D eigenvalue weighted by Gasteiger charge is 2.15.